The molecule has 1 atom stereocenters. The molecule has 2 rings (SSSR count). The van der Waals surface area contributed by atoms with Crippen LogP contribution in [0.25, 0.3) is 0 Å². The second-order valence-corrected chi connectivity index (χ2v) is 5.60. The lowest BCUT2D eigenvalue weighted by atomic mass is 9.97. The van der Waals surface area contributed by atoms with Crippen molar-refractivity contribution in [2.24, 2.45) is 5.84 Å². The molecule has 0 aliphatic heterocycles. The van der Waals surface area contributed by atoms with Crippen molar-refractivity contribution in [3.63, 3.8) is 0 Å². The molecule has 2 nitrogen and oxygen atoms in total. The van der Waals surface area contributed by atoms with Gasteiger partial charge in [0, 0.05) is 15.1 Å². The first-order chi connectivity index (χ1) is 9.02. The molecule has 2 aromatic carbocycles. The number of aryl methyl sites for hydroxylation is 1. The highest BCUT2D eigenvalue weighted by atomic mass is 79.9. The monoisotopic (exact) mass is 342 g/mol. The summed E-state index contributed by atoms with van der Waals surface area (Å²) >= 11 is 9.33. The Labute approximate surface area is 124 Å². The van der Waals surface area contributed by atoms with Crippen molar-refractivity contribution in [2.45, 2.75) is 13.0 Å². The van der Waals surface area contributed by atoms with E-state index in [0.29, 0.717) is 10.6 Å². The van der Waals surface area contributed by atoms with Gasteiger partial charge in [-0.3, -0.25) is 5.84 Å². The predicted octanol–water partition coefficient (Wildman–Crippen LogP) is 4.10. The topological polar surface area (TPSA) is 38.0 Å². The summed E-state index contributed by atoms with van der Waals surface area (Å²) in [4.78, 5) is 0. The number of hydrogen-bond acceptors (Lipinski definition) is 2. The lowest BCUT2D eigenvalue weighted by molar-refractivity contribution is 0.559. The summed E-state index contributed by atoms with van der Waals surface area (Å²) in [7, 11) is 0. The van der Waals surface area contributed by atoms with Gasteiger partial charge in [-0.15, -0.1) is 0 Å². The third kappa shape index (κ3) is 3.15. The van der Waals surface area contributed by atoms with Crippen molar-refractivity contribution in [1.82, 2.24) is 5.43 Å². The van der Waals surface area contributed by atoms with E-state index in [0.717, 1.165) is 15.6 Å². The molecule has 0 fully saturated rings. The molecule has 19 heavy (non-hydrogen) atoms. The average Bonchev–Trinajstić information content (AvgIpc) is 2.38. The molecule has 100 valence electrons. The van der Waals surface area contributed by atoms with Gasteiger partial charge in [0.05, 0.1) is 6.04 Å². The maximum atomic E-state index is 13.9. The molecule has 0 saturated carbocycles. The van der Waals surface area contributed by atoms with E-state index < -0.39 is 6.04 Å². The third-order valence-electron chi connectivity index (χ3n) is 2.95. The predicted molar refractivity (Wildman–Crippen MR) is 79.5 cm³/mol. The van der Waals surface area contributed by atoms with Gasteiger partial charge < -0.3 is 0 Å². The van der Waals surface area contributed by atoms with Gasteiger partial charge in [0.2, 0.25) is 0 Å². The highest BCUT2D eigenvalue weighted by Gasteiger charge is 2.17. The van der Waals surface area contributed by atoms with Crippen molar-refractivity contribution in [3.05, 3.63) is 68.4 Å². The van der Waals surface area contributed by atoms with E-state index in [-0.39, 0.29) is 5.82 Å². The minimum Gasteiger partial charge on any atom is -0.271 e. The van der Waals surface area contributed by atoms with E-state index >= 15 is 0 Å². The summed E-state index contributed by atoms with van der Waals surface area (Å²) < 4.78 is 14.7. The number of hydrazine groups is 1. The Hall–Kier alpha value is -0.940. The first-order valence-electron chi connectivity index (χ1n) is 5.70. The van der Waals surface area contributed by atoms with Gasteiger partial charge in [0.25, 0.3) is 0 Å². The van der Waals surface area contributed by atoms with Crippen LogP contribution in [-0.4, -0.2) is 0 Å². The Morgan fingerprint density at radius 3 is 2.63 bits per heavy atom. The van der Waals surface area contributed by atoms with Gasteiger partial charge in [-0.2, -0.15) is 0 Å². The summed E-state index contributed by atoms with van der Waals surface area (Å²) in [5.74, 6) is 5.27. The summed E-state index contributed by atoms with van der Waals surface area (Å²) in [6.45, 7) is 1.90. The normalized spacial score (nSPS) is 12.5. The Balaban J connectivity index is 2.49. The van der Waals surface area contributed by atoms with Gasteiger partial charge in [0.15, 0.2) is 0 Å². The zero-order chi connectivity index (χ0) is 14.0. The van der Waals surface area contributed by atoms with Crippen LogP contribution in [0.2, 0.25) is 5.02 Å². The van der Waals surface area contributed by atoms with Crippen LogP contribution in [0.5, 0.6) is 0 Å². The lowest BCUT2D eigenvalue weighted by Crippen LogP contribution is -2.29. The second-order valence-electron chi connectivity index (χ2n) is 4.27. The molecule has 0 aliphatic rings. The lowest BCUT2D eigenvalue weighted by Gasteiger charge is -2.18. The van der Waals surface area contributed by atoms with E-state index in [1.165, 1.54) is 6.07 Å². The van der Waals surface area contributed by atoms with Crippen LogP contribution in [0.3, 0.4) is 0 Å². The van der Waals surface area contributed by atoms with Crippen LogP contribution < -0.4 is 11.3 Å². The molecule has 3 N–H and O–H groups in total. The maximum absolute atomic E-state index is 13.9. The third-order valence-corrected chi connectivity index (χ3v) is 3.87. The summed E-state index contributed by atoms with van der Waals surface area (Å²) in [6.07, 6.45) is 0. The smallest absolute Gasteiger partial charge is 0.128 e. The molecule has 0 amide bonds. The molecular formula is C14H13BrClFN2. The molecule has 0 heterocycles. The average molecular weight is 344 g/mol. The van der Waals surface area contributed by atoms with Gasteiger partial charge in [-0.25, -0.2) is 9.82 Å². The van der Waals surface area contributed by atoms with Gasteiger partial charge in [0.1, 0.15) is 5.82 Å². The standard InChI is InChI=1S/C14H13BrClFN2/c1-8-6-9(2-4-12(8)16)14(19-18)11-7-10(15)3-5-13(11)17/h2-7,14,19H,18H2,1H3. The fourth-order valence-corrected chi connectivity index (χ4v) is 2.45. The van der Waals surface area contributed by atoms with E-state index in [1.807, 2.05) is 19.1 Å². The number of benzene rings is 2. The molecule has 2 aromatic rings. The van der Waals surface area contributed by atoms with E-state index in [1.54, 1.807) is 18.2 Å². The quantitative estimate of drug-likeness (QED) is 0.650. The number of nitrogens with two attached hydrogens (primary N) is 1. The van der Waals surface area contributed by atoms with Crippen LogP contribution in [0.15, 0.2) is 40.9 Å². The molecule has 0 aromatic heterocycles. The van der Waals surface area contributed by atoms with Crippen molar-refractivity contribution < 1.29 is 4.39 Å². The zero-order valence-electron chi connectivity index (χ0n) is 10.3. The fraction of sp³-hybridized carbons (Fsp3) is 0.143. The Kier molecular flexibility index (Phi) is 4.58. The van der Waals surface area contributed by atoms with Gasteiger partial charge in [-0.05, 0) is 42.3 Å². The summed E-state index contributed by atoms with van der Waals surface area (Å²) in [5, 5.41) is 0.675. The molecule has 0 spiro atoms. The molecular weight excluding hydrogens is 331 g/mol. The molecule has 0 saturated heterocycles. The van der Waals surface area contributed by atoms with Crippen LogP contribution in [0.1, 0.15) is 22.7 Å². The SMILES string of the molecule is Cc1cc(C(NN)c2cc(Br)ccc2F)ccc1Cl. The molecule has 0 radical (unpaired) electrons. The van der Waals surface area contributed by atoms with Crippen molar-refractivity contribution >= 4 is 27.5 Å². The molecule has 0 aliphatic carbocycles. The molecule has 1 unspecified atom stereocenters. The van der Waals surface area contributed by atoms with Crippen LogP contribution >= 0.6 is 27.5 Å². The molecule has 5 heteroatoms. The van der Waals surface area contributed by atoms with E-state index in [2.05, 4.69) is 21.4 Å². The Bertz CT molecular complexity index is 604. The Morgan fingerprint density at radius 1 is 1.26 bits per heavy atom. The van der Waals surface area contributed by atoms with Crippen LogP contribution in [0.4, 0.5) is 4.39 Å². The number of halogens is 3. The Morgan fingerprint density at radius 2 is 2.00 bits per heavy atom. The van der Waals surface area contributed by atoms with E-state index in [9.17, 15) is 4.39 Å². The second kappa shape index (κ2) is 6.01. The highest BCUT2D eigenvalue weighted by Crippen LogP contribution is 2.28. The fourth-order valence-electron chi connectivity index (χ4n) is 1.95. The minimum absolute atomic E-state index is 0.307. The minimum atomic E-state index is -0.423. The van der Waals surface area contributed by atoms with Crippen LogP contribution in [0, 0.1) is 12.7 Å². The van der Waals surface area contributed by atoms with Gasteiger partial charge in [-0.1, -0.05) is 39.7 Å². The van der Waals surface area contributed by atoms with Crippen LogP contribution in [-0.2, 0) is 0 Å². The number of nitrogens with one attached hydrogen (secondary N) is 1. The highest BCUT2D eigenvalue weighted by molar-refractivity contribution is 9.10. The molecule has 0 bridgehead atoms. The number of rotatable bonds is 3. The van der Waals surface area contributed by atoms with Crippen molar-refractivity contribution in [3.8, 4) is 0 Å². The van der Waals surface area contributed by atoms with E-state index in [4.69, 9.17) is 17.4 Å². The van der Waals surface area contributed by atoms with Gasteiger partial charge >= 0.3 is 0 Å². The summed E-state index contributed by atoms with van der Waals surface area (Å²) in [5.41, 5.74) is 4.92. The first-order valence-corrected chi connectivity index (χ1v) is 6.87. The zero-order valence-corrected chi connectivity index (χ0v) is 12.6. The summed E-state index contributed by atoms with van der Waals surface area (Å²) in [6, 6.07) is 9.86. The van der Waals surface area contributed by atoms with Crippen molar-refractivity contribution in [1.29, 1.82) is 0 Å². The van der Waals surface area contributed by atoms with Crippen molar-refractivity contribution in [2.75, 3.05) is 0 Å². The largest absolute Gasteiger partial charge is 0.271 e. The first kappa shape index (κ1) is 14.5. The maximum Gasteiger partial charge on any atom is 0.128 e. The number of hydrogen-bond donors (Lipinski definition) is 2.